The maximum Gasteiger partial charge on any atom is 0.307 e. The van der Waals surface area contributed by atoms with Gasteiger partial charge in [0.2, 0.25) is 0 Å². The summed E-state index contributed by atoms with van der Waals surface area (Å²) in [5.41, 5.74) is 0.0503. The van der Waals surface area contributed by atoms with Crippen LogP contribution in [0, 0.1) is 23.2 Å². The van der Waals surface area contributed by atoms with Crippen LogP contribution in [0.2, 0.25) is 0 Å². The molecule has 2 nitrogen and oxygen atoms in total. The summed E-state index contributed by atoms with van der Waals surface area (Å²) in [6, 6.07) is 0. The Labute approximate surface area is 73.0 Å². The third-order valence-electron chi connectivity index (χ3n) is 4.06. The predicted octanol–water partition coefficient (Wildman–Crippen LogP) is 2.14. The Morgan fingerprint density at radius 3 is 2.42 bits per heavy atom. The Kier molecular flexibility index (Phi) is 1.51. The van der Waals surface area contributed by atoms with E-state index < -0.39 is 5.97 Å². The number of hydrogen-bond donors (Lipinski definition) is 1. The number of carbonyl (C=O) groups is 1. The molecule has 0 aromatic heterocycles. The topological polar surface area (TPSA) is 37.3 Å². The predicted molar refractivity (Wildman–Crippen MR) is 45.7 cm³/mol. The van der Waals surface area contributed by atoms with Gasteiger partial charge in [-0.2, -0.15) is 0 Å². The van der Waals surface area contributed by atoms with Gasteiger partial charge in [0.1, 0.15) is 0 Å². The Hall–Kier alpha value is -0.530. The zero-order chi connectivity index (χ0) is 8.93. The molecule has 2 bridgehead atoms. The van der Waals surface area contributed by atoms with Crippen molar-refractivity contribution in [3.8, 4) is 0 Å². The van der Waals surface area contributed by atoms with Crippen molar-refractivity contribution in [3.05, 3.63) is 0 Å². The van der Waals surface area contributed by atoms with Crippen molar-refractivity contribution in [1.29, 1.82) is 0 Å². The summed E-state index contributed by atoms with van der Waals surface area (Å²) in [6.07, 6.45) is 3.55. The first kappa shape index (κ1) is 8.09. The third-order valence-corrected chi connectivity index (χ3v) is 4.06. The highest BCUT2D eigenvalue weighted by Gasteiger charge is 2.55. The molecule has 0 aromatic carbocycles. The van der Waals surface area contributed by atoms with Crippen LogP contribution < -0.4 is 0 Å². The molecule has 2 saturated carbocycles. The second kappa shape index (κ2) is 2.24. The Bertz CT molecular complexity index is 220. The van der Waals surface area contributed by atoms with Crippen LogP contribution in [0.25, 0.3) is 0 Å². The number of aliphatic carboxylic acids is 1. The minimum Gasteiger partial charge on any atom is -0.481 e. The van der Waals surface area contributed by atoms with Crippen LogP contribution in [0.5, 0.6) is 0 Å². The van der Waals surface area contributed by atoms with E-state index in [1.165, 1.54) is 6.42 Å². The second-order valence-electron chi connectivity index (χ2n) is 4.91. The average molecular weight is 168 g/mol. The largest absolute Gasteiger partial charge is 0.481 e. The lowest BCUT2D eigenvalue weighted by atomic mass is 9.69. The van der Waals surface area contributed by atoms with Gasteiger partial charge in [-0.05, 0) is 36.5 Å². The van der Waals surface area contributed by atoms with E-state index in [1.807, 2.05) is 0 Å². The molecule has 0 amide bonds. The van der Waals surface area contributed by atoms with Crippen molar-refractivity contribution < 1.29 is 9.90 Å². The van der Waals surface area contributed by atoms with Gasteiger partial charge >= 0.3 is 5.97 Å². The molecular weight excluding hydrogens is 152 g/mol. The average Bonchev–Trinajstić information content (AvgIpc) is 2.41. The molecule has 3 atom stereocenters. The molecule has 0 radical (unpaired) electrons. The normalized spacial score (nSPS) is 43.3. The van der Waals surface area contributed by atoms with Crippen LogP contribution in [0.3, 0.4) is 0 Å². The van der Waals surface area contributed by atoms with E-state index >= 15 is 0 Å². The molecule has 2 aliphatic rings. The standard InChI is InChI=1S/C10H16O2/c1-10(2)7-4-3-6(5-7)8(10)9(11)12/h6-8H,3-5H2,1-2H3,(H,11,12)/t6-,7+,8-/m1/s1. The third kappa shape index (κ3) is 0.838. The first-order valence-electron chi connectivity index (χ1n) is 4.76. The van der Waals surface area contributed by atoms with E-state index in [9.17, 15) is 4.79 Å². The van der Waals surface area contributed by atoms with Gasteiger partial charge in [-0.25, -0.2) is 0 Å². The van der Waals surface area contributed by atoms with Gasteiger partial charge in [-0.15, -0.1) is 0 Å². The molecule has 2 fully saturated rings. The van der Waals surface area contributed by atoms with Crippen molar-refractivity contribution in [2.45, 2.75) is 33.1 Å². The number of rotatable bonds is 1. The maximum absolute atomic E-state index is 11.0. The van der Waals surface area contributed by atoms with Gasteiger partial charge in [0.25, 0.3) is 0 Å². The lowest BCUT2D eigenvalue weighted by Crippen LogP contribution is -2.36. The summed E-state index contributed by atoms with van der Waals surface area (Å²) in [5.74, 6) is 0.495. The monoisotopic (exact) mass is 168 g/mol. The molecule has 0 aliphatic heterocycles. The van der Waals surface area contributed by atoms with Crippen LogP contribution in [-0.4, -0.2) is 11.1 Å². The van der Waals surface area contributed by atoms with Crippen LogP contribution in [0.15, 0.2) is 0 Å². The molecule has 0 spiro atoms. The van der Waals surface area contributed by atoms with Crippen LogP contribution >= 0.6 is 0 Å². The van der Waals surface area contributed by atoms with Gasteiger partial charge in [-0.3, -0.25) is 4.79 Å². The Morgan fingerprint density at radius 1 is 1.42 bits per heavy atom. The van der Waals surface area contributed by atoms with Gasteiger partial charge in [-0.1, -0.05) is 13.8 Å². The zero-order valence-electron chi connectivity index (χ0n) is 7.71. The zero-order valence-corrected chi connectivity index (χ0v) is 7.71. The van der Waals surface area contributed by atoms with Crippen molar-refractivity contribution in [3.63, 3.8) is 0 Å². The summed E-state index contributed by atoms with van der Waals surface area (Å²) in [6.45, 7) is 4.24. The fourth-order valence-corrected chi connectivity index (χ4v) is 3.38. The summed E-state index contributed by atoms with van der Waals surface area (Å²) >= 11 is 0. The van der Waals surface area contributed by atoms with Gasteiger partial charge in [0.15, 0.2) is 0 Å². The number of hydrogen-bond acceptors (Lipinski definition) is 1. The van der Waals surface area contributed by atoms with Crippen LogP contribution in [0.4, 0.5) is 0 Å². The molecule has 68 valence electrons. The van der Waals surface area contributed by atoms with E-state index in [4.69, 9.17) is 5.11 Å². The van der Waals surface area contributed by atoms with Crippen molar-refractivity contribution in [2.24, 2.45) is 23.2 Å². The minimum absolute atomic E-state index is 0.0503. The summed E-state index contributed by atoms with van der Waals surface area (Å²) in [5, 5.41) is 9.07. The smallest absolute Gasteiger partial charge is 0.307 e. The van der Waals surface area contributed by atoms with Crippen LogP contribution in [0.1, 0.15) is 33.1 Å². The molecule has 0 saturated heterocycles. The summed E-state index contributed by atoms with van der Waals surface area (Å²) in [4.78, 5) is 11.0. The highest BCUT2D eigenvalue weighted by Crippen LogP contribution is 2.59. The molecule has 2 heteroatoms. The molecule has 2 rings (SSSR count). The quantitative estimate of drug-likeness (QED) is 0.651. The Morgan fingerprint density at radius 2 is 2.08 bits per heavy atom. The van der Waals surface area contributed by atoms with E-state index in [2.05, 4.69) is 13.8 Å². The lowest BCUT2D eigenvalue weighted by Gasteiger charge is -2.35. The number of fused-ring (bicyclic) bond motifs is 2. The molecule has 12 heavy (non-hydrogen) atoms. The maximum atomic E-state index is 11.0. The van der Waals surface area contributed by atoms with Gasteiger partial charge < -0.3 is 5.11 Å². The van der Waals surface area contributed by atoms with Gasteiger partial charge in [0.05, 0.1) is 5.92 Å². The lowest BCUT2D eigenvalue weighted by molar-refractivity contribution is -0.148. The summed E-state index contributed by atoms with van der Waals surface area (Å²) in [7, 11) is 0. The van der Waals surface area contributed by atoms with Crippen LogP contribution in [-0.2, 0) is 4.79 Å². The highest BCUT2D eigenvalue weighted by atomic mass is 16.4. The molecule has 1 N–H and O–H groups in total. The highest BCUT2D eigenvalue weighted by molar-refractivity contribution is 5.72. The van der Waals surface area contributed by atoms with E-state index in [-0.39, 0.29) is 11.3 Å². The minimum atomic E-state index is -0.577. The fraction of sp³-hybridized carbons (Fsp3) is 0.900. The summed E-state index contributed by atoms with van der Waals surface area (Å²) < 4.78 is 0. The van der Waals surface area contributed by atoms with Crippen molar-refractivity contribution in [1.82, 2.24) is 0 Å². The van der Waals surface area contributed by atoms with Crippen molar-refractivity contribution >= 4 is 5.97 Å². The molecular formula is C10H16O2. The number of carboxylic acid groups (broad SMARTS) is 1. The van der Waals surface area contributed by atoms with E-state index in [0.29, 0.717) is 11.8 Å². The first-order valence-corrected chi connectivity index (χ1v) is 4.76. The Balaban J connectivity index is 2.29. The van der Waals surface area contributed by atoms with Crippen molar-refractivity contribution in [2.75, 3.05) is 0 Å². The van der Waals surface area contributed by atoms with E-state index in [0.717, 1.165) is 12.8 Å². The molecule has 0 aromatic rings. The first-order chi connectivity index (χ1) is 5.53. The SMILES string of the molecule is CC1(C)[C@H]2CC[C@H](C2)[C@@H]1C(=O)O. The number of carboxylic acids is 1. The van der Waals surface area contributed by atoms with Gasteiger partial charge in [0, 0.05) is 0 Å². The van der Waals surface area contributed by atoms with E-state index in [1.54, 1.807) is 0 Å². The molecule has 0 heterocycles. The fourth-order valence-electron chi connectivity index (χ4n) is 3.38. The molecule has 2 aliphatic carbocycles. The molecule has 0 unspecified atom stereocenters. The second-order valence-corrected chi connectivity index (χ2v) is 4.91.